The number of anilines is 1. The molecular formula is C15H24N2O2S. The summed E-state index contributed by atoms with van der Waals surface area (Å²) in [6, 6.07) is 0. The molecule has 0 bridgehead atoms. The molecule has 0 aliphatic rings. The lowest BCUT2D eigenvalue weighted by Gasteiger charge is -2.21. The minimum atomic E-state index is -0.505. The molecule has 0 aromatic heterocycles. The van der Waals surface area contributed by atoms with Crippen molar-refractivity contribution in [2.45, 2.75) is 58.6 Å². The maximum atomic E-state index is 11.7. The Morgan fingerprint density at radius 3 is 2.25 bits per heavy atom. The number of nitrogens with two attached hydrogens (primary N) is 1. The van der Waals surface area contributed by atoms with Crippen molar-refractivity contribution in [3.63, 3.8) is 0 Å². The summed E-state index contributed by atoms with van der Waals surface area (Å²) in [7, 11) is 0. The van der Waals surface area contributed by atoms with Gasteiger partial charge in [0.2, 0.25) is 0 Å². The number of carbonyl (C=O) groups is 1. The topological polar surface area (TPSA) is 64.3 Å². The van der Waals surface area contributed by atoms with Crippen LogP contribution in [0.1, 0.15) is 43.0 Å². The Kier molecular flexibility index (Phi) is 4.97. The molecule has 0 atom stereocenters. The molecule has 20 heavy (non-hydrogen) atoms. The number of thiol groups is 1. The zero-order valence-electron chi connectivity index (χ0n) is 13.0. The number of rotatable bonds is 2. The molecule has 0 unspecified atom stereocenters. The Morgan fingerprint density at radius 2 is 1.75 bits per heavy atom. The summed E-state index contributed by atoms with van der Waals surface area (Å²) in [5.74, 6) is 0. The van der Waals surface area contributed by atoms with E-state index in [1.54, 1.807) is 0 Å². The highest BCUT2D eigenvalue weighted by atomic mass is 32.1. The number of nitrogen functional groups attached to an aromatic ring is 1. The van der Waals surface area contributed by atoms with E-state index >= 15 is 0 Å². The Balaban J connectivity index is 2.92. The molecule has 0 aliphatic carbocycles. The number of alkyl carbamates (subject to hydrolysis) is 1. The van der Waals surface area contributed by atoms with Crippen molar-refractivity contribution in [3.05, 3.63) is 22.3 Å². The first-order chi connectivity index (χ1) is 9.04. The van der Waals surface area contributed by atoms with E-state index in [9.17, 15) is 4.79 Å². The van der Waals surface area contributed by atoms with Gasteiger partial charge >= 0.3 is 6.09 Å². The monoisotopic (exact) mass is 296 g/mol. The van der Waals surface area contributed by atoms with Crippen LogP contribution in [0.3, 0.4) is 0 Å². The minimum Gasteiger partial charge on any atom is -0.444 e. The van der Waals surface area contributed by atoms with Gasteiger partial charge in [-0.1, -0.05) is 0 Å². The highest BCUT2D eigenvalue weighted by Gasteiger charge is 2.18. The van der Waals surface area contributed by atoms with Crippen molar-refractivity contribution >= 4 is 24.4 Å². The molecule has 3 N–H and O–H groups in total. The summed E-state index contributed by atoms with van der Waals surface area (Å²) in [5, 5.41) is 2.76. The molecule has 0 saturated carbocycles. The molecule has 1 aromatic rings. The summed E-state index contributed by atoms with van der Waals surface area (Å²) in [5.41, 5.74) is 10.3. The summed E-state index contributed by atoms with van der Waals surface area (Å²) >= 11 is 4.49. The fourth-order valence-electron chi connectivity index (χ4n) is 2.02. The van der Waals surface area contributed by atoms with Gasteiger partial charge < -0.3 is 15.8 Å². The molecule has 0 radical (unpaired) electrons. The normalized spacial score (nSPS) is 11.3. The number of hydrogen-bond donors (Lipinski definition) is 3. The maximum Gasteiger partial charge on any atom is 0.407 e. The summed E-state index contributed by atoms with van der Waals surface area (Å²) in [6.07, 6.45) is -0.434. The quantitative estimate of drug-likeness (QED) is 0.578. The van der Waals surface area contributed by atoms with E-state index in [-0.39, 0.29) is 0 Å². The zero-order valence-corrected chi connectivity index (χ0v) is 13.9. The Hall–Kier alpha value is -1.36. The van der Waals surface area contributed by atoms with Gasteiger partial charge in [-0.2, -0.15) is 0 Å². The third kappa shape index (κ3) is 3.82. The van der Waals surface area contributed by atoms with Gasteiger partial charge in [-0.3, -0.25) is 0 Å². The molecule has 1 rings (SSSR count). The first kappa shape index (κ1) is 16.7. The third-order valence-electron chi connectivity index (χ3n) is 3.23. The molecule has 1 amide bonds. The second-order valence-electron chi connectivity index (χ2n) is 5.97. The molecule has 112 valence electrons. The molecule has 4 nitrogen and oxygen atoms in total. The fourth-order valence-corrected chi connectivity index (χ4v) is 2.27. The SMILES string of the molecule is Cc1c(N)c(C)c(CNC(=O)OC(C)(C)C)c(C)c1S. The maximum absolute atomic E-state index is 11.7. The van der Waals surface area contributed by atoms with Crippen molar-refractivity contribution < 1.29 is 9.53 Å². The highest BCUT2D eigenvalue weighted by Crippen LogP contribution is 2.31. The van der Waals surface area contributed by atoms with Gasteiger partial charge in [0.15, 0.2) is 0 Å². The van der Waals surface area contributed by atoms with Crippen LogP contribution in [-0.2, 0) is 11.3 Å². The molecular weight excluding hydrogens is 272 g/mol. The van der Waals surface area contributed by atoms with Crippen LogP contribution in [0, 0.1) is 20.8 Å². The lowest BCUT2D eigenvalue weighted by atomic mass is 9.97. The van der Waals surface area contributed by atoms with E-state index in [0.29, 0.717) is 6.54 Å². The number of amides is 1. The Labute approximate surface area is 126 Å². The third-order valence-corrected chi connectivity index (χ3v) is 3.90. The van der Waals surface area contributed by atoms with Crippen LogP contribution in [0.25, 0.3) is 0 Å². The van der Waals surface area contributed by atoms with E-state index in [1.807, 2.05) is 41.5 Å². The van der Waals surface area contributed by atoms with Crippen LogP contribution in [0.15, 0.2) is 4.90 Å². The zero-order chi connectivity index (χ0) is 15.7. The van der Waals surface area contributed by atoms with Gasteiger partial charge in [0.1, 0.15) is 5.60 Å². The molecule has 0 saturated heterocycles. The van der Waals surface area contributed by atoms with Crippen molar-refractivity contribution in [3.8, 4) is 0 Å². The largest absolute Gasteiger partial charge is 0.444 e. The molecule has 1 aromatic carbocycles. The van der Waals surface area contributed by atoms with Crippen LogP contribution in [0.4, 0.5) is 10.5 Å². The van der Waals surface area contributed by atoms with E-state index in [0.717, 1.165) is 32.8 Å². The Bertz CT molecular complexity index is 505. The minimum absolute atomic E-state index is 0.380. The van der Waals surface area contributed by atoms with Gasteiger partial charge in [0, 0.05) is 17.1 Å². The van der Waals surface area contributed by atoms with E-state index < -0.39 is 11.7 Å². The molecule has 5 heteroatoms. The molecule has 0 spiro atoms. The smallest absolute Gasteiger partial charge is 0.407 e. The van der Waals surface area contributed by atoms with E-state index in [1.165, 1.54) is 0 Å². The number of benzene rings is 1. The van der Waals surface area contributed by atoms with Gasteiger partial charge in [-0.25, -0.2) is 4.79 Å². The first-order valence-corrected chi connectivity index (χ1v) is 7.03. The summed E-state index contributed by atoms with van der Waals surface area (Å²) < 4.78 is 5.22. The number of hydrogen-bond acceptors (Lipinski definition) is 4. The Morgan fingerprint density at radius 1 is 1.20 bits per heavy atom. The van der Waals surface area contributed by atoms with Crippen molar-refractivity contribution in [1.82, 2.24) is 5.32 Å². The van der Waals surface area contributed by atoms with Gasteiger partial charge in [-0.15, -0.1) is 12.6 Å². The van der Waals surface area contributed by atoms with Crippen LogP contribution in [-0.4, -0.2) is 11.7 Å². The molecule has 0 fully saturated rings. The van der Waals surface area contributed by atoms with E-state index in [2.05, 4.69) is 17.9 Å². The van der Waals surface area contributed by atoms with Crippen molar-refractivity contribution in [2.24, 2.45) is 0 Å². The number of ether oxygens (including phenoxy) is 1. The average Bonchev–Trinajstić information content (AvgIpc) is 2.32. The van der Waals surface area contributed by atoms with Crippen LogP contribution >= 0.6 is 12.6 Å². The van der Waals surface area contributed by atoms with Crippen molar-refractivity contribution in [1.29, 1.82) is 0 Å². The van der Waals surface area contributed by atoms with Crippen molar-refractivity contribution in [2.75, 3.05) is 5.73 Å². The predicted molar refractivity (Wildman–Crippen MR) is 85.4 cm³/mol. The van der Waals surface area contributed by atoms with Crippen LogP contribution in [0.5, 0.6) is 0 Å². The molecule has 0 heterocycles. The lowest BCUT2D eigenvalue weighted by Crippen LogP contribution is -2.32. The van der Waals surface area contributed by atoms with Gasteiger partial charge in [0.05, 0.1) is 0 Å². The van der Waals surface area contributed by atoms with E-state index in [4.69, 9.17) is 10.5 Å². The average molecular weight is 296 g/mol. The fraction of sp³-hybridized carbons (Fsp3) is 0.533. The lowest BCUT2D eigenvalue weighted by molar-refractivity contribution is 0.0523. The first-order valence-electron chi connectivity index (χ1n) is 6.58. The number of carbonyl (C=O) groups excluding carboxylic acids is 1. The van der Waals surface area contributed by atoms with Crippen LogP contribution < -0.4 is 11.1 Å². The van der Waals surface area contributed by atoms with Crippen LogP contribution in [0.2, 0.25) is 0 Å². The summed E-state index contributed by atoms with van der Waals surface area (Å²) in [6.45, 7) is 11.8. The second-order valence-corrected chi connectivity index (χ2v) is 6.42. The second kappa shape index (κ2) is 5.95. The summed E-state index contributed by atoms with van der Waals surface area (Å²) in [4.78, 5) is 12.6. The highest BCUT2D eigenvalue weighted by molar-refractivity contribution is 7.80. The predicted octanol–water partition coefficient (Wildman–Crippen LogP) is 3.51. The van der Waals surface area contributed by atoms with Gasteiger partial charge in [0.25, 0.3) is 0 Å². The molecule has 0 aliphatic heterocycles. The number of nitrogens with one attached hydrogen (secondary N) is 1. The van der Waals surface area contributed by atoms with Gasteiger partial charge in [-0.05, 0) is 63.8 Å². The standard InChI is InChI=1S/C15H24N2O2S/c1-8-11(7-17-14(18)19-15(4,5)6)9(2)13(20)10(3)12(8)16/h20H,7,16H2,1-6H3,(H,17,18).